The predicted octanol–water partition coefficient (Wildman–Crippen LogP) is 0.945. The summed E-state index contributed by atoms with van der Waals surface area (Å²) < 4.78 is 11.9. The van der Waals surface area contributed by atoms with Gasteiger partial charge in [0.2, 0.25) is 6.20 Å². The van der Waals surface area contributed by atoms with E-state index in [4.69, 9.17) is 9.47 Å². The molecule has 2 rings (SSSR count). The first-order valence-corrected chi connectivity index (χ1v) is 6.11. The van der Waals surface area contributed by atoms with Crippen molar-refractivity contribution in [2.45, 2.75) is 19.6 Å². The van der Waals surface area contributed by atoms with E-state index in [0.29, 0.717) is 5.75 Å². The van der Waals surface area contributed by atoms with E-state index in [1.165, 1.54) is 4.90 Å². The van der Waals surface area contributed by atoms with E-state index in [0.717, 1.165) is 12.8 Å². The van der Waals surface area contributed by atoms with Crippen LogP contribution in [0.2, 0.25) is 0 Å². The highest BCUT2D eigenvalue weighted by molar-refractivity contribution is 5.74. The number of aromatic nitrogens is 1. The largest absolute Gasteiger partial charge is 0.414 e. The second-order valence-corrected chi connectivity index (χ2v) is 4.68. The van der Waals surface area contributed by atoms with E-state index in [-0.39, 0.29) is 18.6 Å². The minimum absolute atomic E-state index is 0.0790. The zero-order chi connectivity index (χ0) is 13.8. The summed E-state index contributed by atoms with van der Waals surface area (Å²) in [6, 6.07) is 3.39. The van der Waals surface area contributed by atoms with E-state index in [9.17, 15) is 9.59 Å². The van der Waals surface area contributed by atoms with Gasteiger partial charge in [-0.2, -0.15) is 4.57 Å². The average molecular weight is 265 g/mol. The maximum Gasteiger partial charge on any atom is 0.414 e. The number of carbonyl (C=O) groups is 2. The first-order chi connectivity index (χ1) is 9.06. The Morgan fingerprint density at radius 3 is 2.79 bits per heavy atom. The van der Waals surface area contributed by atoms with Gasteiger partial charge < -0.3 is 14.4 Å². The van der Waals surface area contributed by atoms with Gasteiger partial charge in [-0.25, -0.2) is 4.79 Å². The van der Waals surface area contributed by atoms with E-state index >= 15 is 0 Å². The Morgan fingerprint density at radius 2 is 2.16 bits per heavy atom. The van der Waals surface area contributed by atoms with Crippen LogP contribution in [0, 0.1) is 5.92 Å². The van der Waals surface area contributed by atoms with Gasteiger partial charge in [0.25, 0.3) is 6.73 Å². The fourth-order valence-corrected chi connectivity index (χ4v) is 1.41. The Bertz CT molecular complexity index is 483. The number of pyridine rings is 1. The molecule has 0 unspecified atom stereocenters. The summed E-state index contributed by atoms with van der Waals surface area (Å²) in [6.45, 7) is 0.128. The average Bonchev–Trinajstić information content (AvgIpc) is 3.20. The lowest BCUT2D eigenvalue weighted by atomic mass is 10.4. The summed E-state index contributed by atoms with van der Waals surface area (Å²) in [7, 11) is 3.22. The second kappa shape index (κ2) is 5.69. The van der Waals surface area contributed by atoms with Crippen molar-refractivity contribution in [3.8, 4) is 5.75 Å². The molecular weight excluding hydrogens is 248 g/mol. The van der Waals surface area contributed by atoms with Crippen molar-refractivity contribution in [2.24, 2.45) is 5.92 Å². The number of hydrogen-bond acceptors (Lipinski definition) is 4. The summed E-state index contributed by atoms with van der Waals surface area (Å²) in [5.41, 5.74) is 0. The molecule has 0 atom stereocenters. The van der Waals surface area contributed by atoms with Gasteiger partial charge in [0, 0.05) is 20.2 Å². The minimum atomic E-state index is -0.451. The molecule has 0 radical (unpaired) electrons. The zero-order valence-corrected chi connectivity index (χ0v) is 11.0. The van der Waals surface area contributed by atoms with Crippen LogP contribution in [0.15, 0.2) is 24.5 Å². The van der Waals surface area contributed by atoms with Crippen LogP contribution in [0.1, 0.15) is 12.8 Å². The summed E-state index contributed by atoms with van der Waals surface area (Å²) in [6.07, 6.45) is 4.75. The van der Waals surface area contributed by atoms with Crippen molar-refractivity contribution in [3.63, 3.8) is 0 Å². The van der Waals surface area contributed by atoms with Gasteiger partial charge in [-0.1, -0.05) is 0 Å². The summed E-state index contributed by atoms with van der Waals surface area (Å²) in [5, 5.41) is 0. The summed E-state index contributed by atoms with van der Waals surface area (Å²) >= 11 is 0. The zero-order valence-electron chi connectivity index (χ0n) is 11.0. The van der Waals surface area contributed by atoms with Crippen LogP contribution in [-0.4, -0.2) is 31.1 Å². The van der Waals surface area contributed by atoms with E-state index < -0.39 is 6.09 Å². The van der Waals surface area contributed by atoms with Gasteiger partial charge in [0.05, 0.1) is 5.92 Å². The van der Waals surface area contributed by atoms with Crippen LogP contribution in [-0.2, 0) is 16.3 Å². The highest BCUT2D eigenvalue weighted by atomic mass is 16.6. The van der Waals surface area contributed by atoms with Gasteiger partial charge >= 0.3 is 12.1 Å². The van der Waals surface area contributed by atoms with Crippen molar-refractivity contribution in [2.75, 3.05) is 14.1 Å². The monoisotopic (exact) mass is 265 g/mol. The molecule has 1 fully saturated rings. The topological polar surface area (TPSA) is 59.7 Å². The standard InChI is InChI=1S/C13H17N2O4/c1-14(2)13(17)19-11-4-3-7-15(8-11)9-18-12(16)10-5-6-10/h3-4,7-8,10H,5-6,9H2,1-2H3/q+1. The molecule has 1 aromatic rings. The van der Waals surface area contributed by atoms with Crippen LogP contribution >= 0.6 is 0 Å². The number of hydrogen-bond donors (Lipinski definition) is 0. The van der Waals surface area contributed by atoms with Crippen LogP contribution in [0.4, 0.5) is 4.79 Å². The van der Waals surface area contributed by atoms with Crippen molar-refractivity contribution in [3.05, 3.63) is 24.5 Å². The van der Waals surface area contributed by atoms with Crippen LogP contribution < -0.4 is 9.30 Å². The molecule has 6 nitrogen and oxygen atoms in total. The molecule has 0 aliphatic heterocycles. The number of nitrogens with zero attached hydrogens (tertiary/aromatic N) is 2. The van der Waals surface area contributed by atoms with Gasteiger partial charge in [-0.15, -0.1) is 0 Å². The molecule has 0 saturated heterocycles. The maximum absolute atomic E-state index is 11.4. The third kappa shape index (κ3) is 3.94. The molecule has 0 spiro atoms. The number of esters is 1. The third-order valence-electron chi connectivity index (χ3n) is 2.67. The fraction of sp³-hybridized carbons (Fsp3) is 0.462. The van der Waals surface area contributed by atoms with Crippen molar-refractivity contribution >= 4 is 12.1 Å². The smallest absolute Gasteiger partial charge is 0.405 e. The SMILES string of the molecule is CN(C)C(=O)Oc1ccc[n+](COC(=O)C2CC2)c1. The number of ether oxygens (including phenoxy) is 2. The van der Waals surface area contributed by atoms with Crippen LogP contribution in [0.25, 0.3) is 0 Å². The predicted molar refractivity (Wildman–Crippen MR) is 65.2 cm³/mol. The molecule has 0 bridgehead atoms. The Balaban J connectivity index is 1.90. The highest BCUT2D eigenvalue weighted by Gasteiger charge is 2.31. The minimum Gasteiger partial charge on any atom is -0.405 e. The first-order valence-electron chi connectivity index (χ1n) is 6.11. The first kappa shape index (κ1) is 13.3. The Hall–Kier alpha value is -2.11. The molecule has 1 amide bonds. The quantitative estimate of drug-likeness (QED) is 0.600. The lowest BCUT2D eigenvalue weighted by molar-refractivity contribution is -0.727. The van der Waals surface area contributed by atoms with Crippen LogP contribution in [0.3, 0.4) is 0 Å². The number of rotatable bonds is 4. The van der Waals surface area contributed by atoms with Crippen molar-refractivity contribution in [1.29, 1.82) is 0 Å². The highest BCUT2D eigenvalue weighted by Crippen LogP contribution is 2.29. The molecule has 0 aromatic carbocycles. The second-order valence-electron chi connectivity index (χ2n) is 4.68. The van der Waals surface area contributed by atoms with E-state index in [1.807, 2.05) is 0 Å². The van der Waals surface area contributed by atoms with E-state index in [2.05, 4.69) is 0 Å². The van der Waals surface area contributed by atoms with Crippen molar-refractivity contribution < 1.29 is 23.6 Å². The molecule has 1 aromatic heterocycles. The van der Waals surface area contributed by atoms with Gasteiger partial charge in [0.1, 0.15) is 0 Å². The van der Waals surface area contributed by atoms with Gasteiger partial charge in [-0.3, -0.25) is 4.79 Å². The summed E-state index contributed by atoms with van der Waals surface area (Å²) in [5.74, 6) is 0.321. The third-order valence-corrected chi connectivity index (χ3v) is 2.67. The molecule has 1 heterocycles. The molecular formula is C13H17N2O4+. The molecule has 1 aliphatic carbocycles. The number of amides is 1. The number of carbonyl (C=O) groups excluding carboxylic acids is 2. The van der Waals surface area contributed by atoms with Crippen molar-refractivity contribution in [1.82, 2.24) is 4.90 Å². The molecule has 1 aliphatic rings. The van der Waals surface area contributed by atoms with Gasteiger partial charge in [0.15, 0.2) is 11.9 Å². The molecule has 0 N–H and O–H groups in total. The Morgan fingerprint density at radius 1 is 1.42 bits per heavy atom. The lowest BCUT2D eigenvalue weighted by Gasteiger charge is -2.09. The molecule has 6 heteroatoms. The van der Waals surface area contributed by atoms with Gasteiger partial charge in [-0.05, 0) is 18.9 Å². The maximum atomic E-state index is 11.4. The summed E-state index contributed by atoms with van der Waals surface area (Å²) in [4.78, 5) is 24.1. The Labute approximate surface area is 111 Å². The lowest BCUT2D eigenvalue weighted by Crippen LogP contribution is -2.36. The Kier molecular flexibility index (Phi) is 3.99. The normalized spacial score (nSPS) is 13.8. The molecule has 19 heavy (non-hydrogen) atoms. The molecule has 1 saturated carbocycles. The fourth-order valence-electron chi connectivity index (χ4n) is 1.41. The van der Waals surface area contributed by atoms with Crippen LogP contribution in [0.5, 0.6) is 5.75 Å². The molecule has 102 valence electrons. The van der Waals surface area contributed by atoms with E-state index in [1.54, 1.807) is 43.2 Å².